The van der Waals surface area contributed by atoms with Gasteiger partial charge in [-0.3, -0.25) is 0 Å². The van der Waals surface area contributed by atoms with E-state index in [2.05, 4.69) is 0 Å². The number of hydrogen-bond acceptors (Lipinski definition) is 5. The molecule has 0 saturated heterocycles. The molecule has 0 aliphatic heterocycles. The fourth-order valence-corrected chi connectivity index (χ4v) is 2.19. The molecule has 1 N–H and O–H groups in total. The molecule has 1 unspecified atom stereocenters. The van der Waals surface area contributed by atoms with Crippen LogP contribution in [0.4, 0.5) is 0 Å². The average Bonchev–Trinajstić information content (AvgIpc) is 2.97. The normalized spacial score (nSPS) is 12.0. The van der Waals surface area contributed by atoms with Gasteiger partial charge in [-0.1, -0.05) is 12.1 Å². The largest absolute Gasteiger partial charge is 0.493 e. The highest BCUT2D eigenvalue weighted by atomic mass is 16.5. The third kappa shape index (κ3) is 2.71. The second-order valence-corrected chi connectivity index (χ2v) is 4.20. The summed E-state index contributed by atoms with van der Waals surface area (Å²) in [6.45, 7) is 0. The van der Waals surface area contributed by atoms with Crippen LogP contribution in [-0.2, 0) is 4.74 Å². The van der Waals surface area contributed by atoms with Crippen molar-refractivity contribution in [2.24, 2.45) is 0 Å². The van der Waals surface area contributed by atoms with Crippen molar-refractivity contribution in [1.82, 2.24) is 0 Å². The maximum absolute atomic E-state index is 11.2. The quantitative estimate of drug-likeness (QED) is 0.882. The van der Waals surface area contributed by atoms with Crippen molar-refractivity contribution in [1.29, 1.82) is 0 Å². The van der Waals surface area contributed by atoms with E-state index >= 15 is 0 Å². The van der Waals surface area contributed by atoms with Gasteiger partial charge >= 0.3 is 5.97 Å². The van der Waals surface area contributed by atoms with Gasteiger partial charge in [-0.15, -0.1) is 0 Å². The highest BCUT2D eigenvalue weighted by Gasteiger charge is 2.27. The number of aromatic carboxylic acids is 1. The molecule has 112 valence electrons. The van der Waals surface area contributed by atoms with Crippen molar-refractivity contribution in [2.45, 2.75) is 6.10 Å². The number of benzene rings is 1. The van der Waals surface area contributed by atoms with Crippen LogP contribution >= 0.6 is 0 Å². The maximum atomic E-state index is 11.2. The first kappa shape index (κ1) is 14.9. The molecule has 0 fully saturated rings. The third-order valence-corrected chi connectivity index (χ3v) is 3.12. The number of methoxy groups -OCH3 is 3. The second-order valence-electron chi connectivity index (χ2n) is 4.20. The van der Waals surface area contributed by atoms with Crippen LogP contribution in [-0.4, -0.2) is 32.4 Å². The van der Waals surface area contributed by atoms with Crippen molar-refractivity contribution in [3.05, 3.63) is 47.4 Å². The lowest BCUT2D eigenvalue weighted by molar-refractivity contribution is 0.0677. The first-order chi connectivity index (χ1) is 10.1. The van der Waals surface area contributed by atoms with Crippen LogP contribution in [0.2, 0.25) is 0 Å². The Morgan fingerprint density at radius 1 is 1.19 bits per heavy atom. The number of ether oxygens (including phenoxy) is 3. The molecule has 0 amide bonds. The summed E-state index contributed by atoms with van der Waals surface area (Å²) in [4.78, 5) is 11.2. The minimum absolute atomic E-state index is 0.0479. The van der Waals surface area contributed by atoms with Crippen molar-refractivity contribution in [3.8, 4) is 11.5 Å². The van der Waals surface area contributed by atoms with E-state index in [1.165, 1.54) is 33.7 Å². The SMILES string of the molecule is COc1cccc(C(OC)c2occc2C(=O)O)c1OC. The number of para-hydroxylation sites is 1. The predicted molar refractivity (Wildman–Crippen MR) is 74.1 cm³/mol. The molecule has 1 aromatic carbocycles. The van der Waals surface area contributed by atoms with Crippen molar-refractivity contribution < 1.29 is 28.5 Å². The Hall–Kier alpha value is -2.47. The van der Waals surface area contributed by atoms with Gasteiger partial charge in [-0.25, -0.2) is 4.79 Å². The molecule has 1 atom stereocenters. The minimum Gasteiger partial charge on any atom is -0.493 e. The number of hydrogen-bond donors (Lipinski definition) is 1. The minimum atomic E-state index is -1.08. The van der Waals surface area contributed by atoms with E-state index < -0.39 is 12.1 Å². The molecule has 21 heavy (non-hydrogen) atoms. The smallest absolute Gasteiger partial charge is 0.339 e. The average molecular weight is 292 g/mol. The van der Waals surface area contributed by atoms with Gasteiger partial charge in [0.05, 0.1) is 20.5 Å². The van der Waals surface area contributed by atoms with Gasteiger partial charge in [-0.05, 0) is 12.1 Å². The molecule has 0 aliphatic carbocycles. The Morgan fingerprint density at radius 3 is 2.52 bits per heavy atom. The van der Waals surface area contributed by atoms with Gasteiger partial charge in [0, 0.05) is 12.7 Å². The van der Waals surface area contributed by atoms with E-state index in [1.807, 2.05) is 0 Å². The Kier molecular flexibility index (Phi) is 4.49. The Morgan fingerprint density at radius 2 is 1.95 bits per heavy atom. The molecular formula is C15H16O6. The predicted octanol–water partition coefficient (Wildman–Crippen LogP) is 2.73. The molecule has 0 radical (unpaired) electrons. The summed E-state index contributed by atoms with van der Waals surface area (Å²) < 4.78 is 21.3. The lowest BCUT2D eigenvalue weighted by Crippen LogP contribution is -2.10. The fraction of sp³-hybridized carbons (Fsp3) is 0.267. The molecule has 1 aromatic heterocycles. The maximum Gasteiger partial charge on any atom is 0.339 e. The van der Waals surface area contributed by atoms with Crippen LogP contribution < -0.4 is 9.47 Å². The van der Waals surface area contributed by atoms with Crippen molar-refractivity contribution in [2.75, 3.05) is 21.3 Å². The zero-order valence-electron chi connectivity index (χ0n) is 12.0. The summed E-state index contributed by atoms with van der Waals surface area (Å²) in [5.41, 5.74) is 0.670. The molecule has 0 aliphatic rings. The molecule has 1 heterocycles. The zero-order chi connectivity index (χ0) is 15.4. The second kappa shape index (κ2) is 6.32. The number of carboxylic acid groups (broad SMARTS) is 1. The van der Waals surface area contributed by atoms with E-state index in [0.717, 1.165) is 0 Å². The first-order valence-electron chi connectivity index (χ1n) is 6.18. The van der Waals surface area contributed by atoms with Crippen LogP contribution in [0, 0.1) is 0 Å². The molecule has 6 nitrogen and oxygen atoms in total. The topological polar surface area (TPSA) is 78.1 Å². The van der Waals surface area contributed by atoms with E-state index in [9.17, 15) is 9.90 Å². The van der Waals surface area contributed by atoms with Crippen LogP contribution in [0.25, 0.3) is 0 Å². The van der Waals surface area contributed by atoms with Gasteiger partial charge in [0.25, 0.3) is 0 Å². The van der Waals surface area contributed by atoms with E-state index in [-0.39, 0.29) is 11.3 Å². The van der Waals surface area contributed by atoms with Gasteiger partial charge in [0.2, 0.25) is 0 Å². The van der Waals surface area contributed by atoms with Crippen LogP contribution in [0.3, 0.4) is 0 Å². The molecule has 0 bridgehead atoms. The first-order valence-corrected chi connectivity index (χ1v) is 6.18. The van der Waals surface area contributed by atoms with E-state index in [4.69, 9.17) is 18.6 Å². The summed E-state index contributed by atoms with van der Waals surface area (Å²) in [5, 5.41) is 9.20. The van der Waals surface area contributed by atoms with E-state index in [0.29, 0.717) is 17.1 Å². The Labute approximate surface area is 121 Å². The number of carboxylic acids is 1. The Balaban J connectivity index is 2.56. The monoisotopic (exact) mass is 292 g/mol. The summed E-state index contributed by atoms with van der Waals surface area (Å²) in [6.07, 6.45) is 0.605. The van der Waals surface area contributed by atoms with Crippen LogP contribution in [0.1, 0.15) is 27.8 Å². The molecule has 2 aromatic rings. The molecule has 0 saturated carbocycles. The van der Waals surface area contributed by atoms with Crippen molar-refractivity contribution in [3.63, 3.8) is 0 Å². The zero-order valence-corrected chi connectivity index (χ0v) is 12.0. The van der Waals surface area contributed by atoms with Gasteiger partial charge in [0.1, 0.15) is 11.7 Å². The number of carbonyl (C=O) groups is 1. The number of furan rings is 1. The Bertz CT molecular complexity index is 631. The lowest BCUT2D eigenvalue weighted by atomic mass is 10.0. The lowest BCUT2D eigenvalue weighted by Gasteiger charge is -2.19. The third-order valence-electron chi connectivity index (χ3n) is 3.12. The summed E-state index contributed by atoms with van der Waals surface area (Å²) >= 11 is 0. The number of rotatable bonds is 6. The molecule has 6 heteroatoms. The standard InChI is InChI=1S/C15H16O6/c1-18-11-6-4-5-9(12(11)19-2)13(20-3)14-10(15(16)17)7-8-21-14/h4-8,13H,1-3H3,(H,16,17). The van der Waals surface area contributed by atoms with Crippen molar-refractivity contribution >= 4 is 5.97 Å². The summed E-state index contributed by atoms with van der Waals surface area (Å²) in [7, 11) is 4.51. The fourth-order valence-electron chi connectivity index (χ4n) is 2.19. The van der Waals surface area contributed by atoms with Crippen LogP contribution in [0.15, 0.2) is 34.9 Å². The van der Waals surface area contributed by atoms with E-state index in [1.54, 1.807) is 18.2 Å². The molecule has 0 spiro atoms. The van der Waals surface area contributed by atoms with Gasteiger partial charge in [0.15, 0.2) is 17.3 Å². The van der Waals surface area contributed by atoms with Gasteiger partial charge < -0.3 is 23.7 Å². The summed E-state index contributed by atoms with van der Waals surface area (Å²) in [5.74, 6) is 0.124. The van der Waals surface area contributed by atoms with Crippen LogP contribution in [0.5, 0.6) is 11.5 Å². The highest BCUT2D eigenvalue weighted by molar-refractivity contribution is 5.89. The molecular weight excluding hydrogens is 276 g/mol. The molecule has 2 rings (SSSR count). The van der Waals surface area contributed by atoms with Gasteiger partial charge in [-0.2, -0.15) is 0 Å². The summed E-state index contributed by atoms with van der Waals surface area (Å²) in [6, 6.07) is 6.67. The highest BCUT2D eigenvalue weighted by Crippen LogP contribution is 2.39.